The molecule has 4 aromatic rings. The zero-order valence-corrected chi connectivity index (χ0v) is 17.6. The molecule has 4 nitrogen and oxygen atoms in total. The number of halogens is 1. The topological polar surface area (TPSA) is 54.0 Å². The fraction of sp³-hybridized carbons (Fsp3) is 0.120. The van der Waals surface area contributed by atoms with Crippen LogP contribution in [0, 0.1) is 13.8 Å². The molecule has 0 aliphatic heterocycles. The molecule has 0 aliphatic rings. The first-order valence-corrected chi connectivity index (χ1v) is 10.1. The van der Waals surface area contributed by atoms with Gasteiger partial charge < -0.3 is 10.6 Å². The van der Waals surface area contributed by atoms with E-state index in [-0.39, 0.29) is 5.91 Å². The van der Waals surface area contributed by atoms with Gasteiger partial charge in [-0.05, 0) is 60.9 Å². The van der Waals surface area contributed by atoms with E-state index in [1.54, 1.807) is 6.07 Å². The van der Waals surface area contributed by atoms with Crippen LogP contribution in [0.5, 0.6) is 0 Å². The van der Waals surface area contributed by atoms with E-state index in [1.165, 1.54) is 0 Å². The molecule has 0 bridgehead atoms. The number of amides is 1. The highest BCUT2D eigenvalue weighted by Crippen LogP contribution is 2.25. The molecule has 0 unspecified atom stereocenters. The van der Waals surface area contributed by atoms with E-state index >= 15 is 0 Å². The number of hydrogen-bond donors (Lipinski definition) is 2. The van der Waals surface area contributed by atoms with E-state index in [4.69, 9.17) is 16.6 Å². The lowest BCUT2D eigenvalue weighted by molar-refractivity contribution is 0.0952. The third-order valence-electron chi connectivity index (χ3n) is 4.85. The number of aromatic nitrogens is 1. The number of anilines is 2. The maximum Gasteiger partial charge on any atom is 0.252 e. The van der Waals surface area contributed by atoms with Crippen LogP contribution in [0.25, 0.3) is 10.9 Å². The molecule has 30 heavy (non-hydrogen) atoms. The number of fused-ring (bicyclic) bond motifs is 1. The predicted octanol–water partition coefficient (Wildman–Crippen LogP) is 6.18. The molecule has 5 heteroatoms. The summed E-state index contributed by atoms with van der Waals surface area (Å²) >= 11 is 6.22. The Hall–Kier alpha value is -3.37. The molecule has 1 heterocycles. The van der Waals surface area contributed by atoms with E-state index in [1.807, 2.05) is 48.5 Å². The van der Waals surface area contributed by atoms with Crippen molar-refractivity contribution in [3.63, 3.8) is 0 Å². The van der Waals surface area contributed by atoms with Crippen molar-refractivity contribution in [3.8, 4) is 0 Å². The minimum Gasteiger partial charge on any atom is -0.348 e. The van der Waals surface area contributed by atoms with Crippen molar-refractivity contribution in [1.82, 2.24) is 10.3 Å². The molecule has 1 aromatic heterocycles. The number of carbonyl (C=O) groups is 1. The van der Waals surface area contributed by atoms with Crippen LogP contribution in [0.1, 0.15) is 27.0 Å². The highest BCUT2D eigenvalue weighted by molar-refractivity contribution is 6.31. The standard InChI is InChI=1S/C25H22ClN3O/c1-16-11-17(2)13-19(12-16)28-24-14-21(20-8-4-6-10-23(20)29-24)25(30)27-15-18-7-3-5-9-22(18)26/h3-14H,15H2,1-2H3,(H,27,30)(H,28,29). The normalized spacial score (nSPS) is 10.8. The number of aryl methyl sites for hydroxylation is 2. The first kappa shape index (κ1) is 19.9. The summed E-state index contributed by atoms with van der Waals surface area (Å²) in [6.07, 6.45) is 0. The van der Waals surface area contributed by atoms with Crippen molar-refractivity contribution in [2.45, 2.75) is 20.4 Å². The Morgan fingerprint density at radius 3 is 2.40 bits per heavy atom. The van der Waals surface area contributed by atoms with E-state index in [9.17, 15) is 4.79 Å². The highest BCUT2D eigenvalue weighted by Gasteiger charge is 2.14. The van der Waals surface area contributed by atoms with Crippen LogP contribution < -0.4 is 10.6 Å². The highest BCUT2D eigenvalue weighted by atomic mass is 35.5. The van der Waals surface area contributed by atoms with Gasteiger partial charge in [0.05, 0.1) is 11.1 Å². The van der Waals surface area contributed by atoms with Crippen LogP contribution in [0.3, 0.4) is 0 Å². The van der Waals surface area contributed by atoms with Gasteiger partial charge in [-0.15, -0.1) is 0 Å². The second kappa shape index (κ2) is 8.56. The maximum absolute atomic E-state index is 13.0. The number of para-hydroxylation sites is 1. The molecule has 0 aliphatic carbocycles. The molecule has 0 spiro atoms. The van der Waals surface area contributed by atoms with Gasteiger partial charge in [0.1, 0.15) is 5.82 Å². The fourth-order valence-electron chi connectivity index (χ4n) is 3.53. The molecule has 0 radical (unpaired) electrons. The van der Waals surface area contributed by atoms with Crippen molar-refractivity contribution in [3.05, 3.63) is 100 Å². The summed E-state index contributed by atoms with van der Waals surface area (Å²) in [6, 6.07) is 23.2. The van der Waals surface area contributed by atoms with Crippen LogP contribution in [0.15, 0.2) is 72.8 Å². The Kier molecular flexibility index (Phi) is 5.68. The summed E-state index contributed by atoms with van der Waals surface area (Å²) in [5.41, 5.74) is 5.47. The lowest BCUT2D eigenvalue weighted by Crippen LogP contribution is -2.23. The van der Waals surface area contributed by atoms with E-state index in [0.29, 0.717) is 22.9 Å². The van der Waals surface area contributed by atoms with Crippen molar-refractivity contribution in [1.29, 1.82) is 0 Å². The summed E-state index contributed by atoms with van der Waals surface area (Å²) in [5.74, 6) is 0.457. The molecule has 1 amide bonds. The summed E-state index contributed by atoms with van der Waals surface area (Å²) in [4.78, 5) is 17.7. The molecule has 0 fully saturated rings. The first-order chi connectivity index (χ1) is 14.5. The summed E-state index contributed by atoms with van der Waals surface area (Å²) < 4.78 is 0. The van der Waals surface area contributed by atoms with Gasteiger partial charge in [0, 0.05) is 22.6 Å². The Morgan fingerprint density at radius 2 is 1.63 bits per heavy atom. The molecule has 3 aromatic carbocycles. The molecule has 2 N–H and O–H groups in total. The average Bonchev–Trinajstić information content (AvgIpc) is 2.71. The van der Waals surface area contributed by atoms with Gasteiger partial charge >= 0.3 is 0 Å². The minimum absolute atomic E-state index is 0.169. The summed E-state index contributed by atoms with van der Waals surface area (Å²) in [5, 5.41) is 7.76. The number of benzene rings is 3. The Labute approximate surface area is 180 Å². The number of nitrogens with zero attached hydrogens (tertiary/aromatic N) is 1. The molecule has 0 saturated heterocycles. The predicted molar refractivity (Wildman–Crippen MR) is 124 cm³/mol. The average molecular weight is 416 g/mol. The van der Waals surface area contributed by atoms with Crippen molar-refractivity contribution >= 4 is 39.9 Å². The quantitative estimate of drug-likeness (QED) is 0.409. The third-order valence-corrected chi connectivity index (χ3v) is 5.22. The fourth-order valence-corrected chi connectivity index (χ4v) is 3.74. The van der Waals surface area contributed by atoms with E-state index in [2.05, 4.69) is 42.7 Å². The van der Waals surface area contributed by atoms with Gasteiger partial charge in [0.15, 0.2) is 0 Å². The minimum atomic E-state index is -0.169. The lowest BCUT2D eigenvalue weighted by atomic mass is 10.1. The van der Waals surface area contributed by atoms with Crippen molar-refractivity contribution in [2.24, 2.45) is 0 Å². The van der Waals surface area contributed by atoms with Crippen LogP contribution in [-0.4, -0.2) is 10.9 Å². The molecule has 0 atom stereocenters. The largest absolute Gasteiger partial charge is 0.348 e. The Morgan fingerprint density at radius 1 is 0.933 bits per heavy atom. The Bertz CT molecular complexity index is 1220. The number of pyridine rings is 1. The van der Waals surface area contributed by atoms with E-state index in [0.717, 1.165) is 33.3 Å². The third kappa shape index (κ3) is 4.44. The lowest BCUT2D eigenvalue weighted by Gasteiger charge is -2.13. The number of rotatable bonds is 5. The van der Waals surface area contributed by atoms with Gasteiger partial charge in [-0.1, -0.05) is 54.1 Å². The molecular weight excluding hydrogens is 394 g/mol. The zero-order valence-electron chi connectivity index (χ0n) is 16.9. The molecule has 0 saturated carbocycles. The van der Waals surface area contributed by atoms with Crippen molar-refractivity contribution < 1.29 is 4.79 Å². The number of carbonyl (C=O) groups excluding carboxylic acids is 1. The van der Waals surface area contributed by atoms with Gasteiger partial charge in [0.25, 0.3) is 5.91 Å². The smallest absolute Gasteiger partial charge is 0.252 e. The van der Waals surface area contributed by atoms with Crippen LogP contribution in [0.4, 0.5) is 11.5 Å². The van der Waals surface area contributed by atoms with Gasteiger partial charge in [0.2, 0.25) is 0 Å². The molecule has 150 valence electrons. The number of hydrogen-bond acceptors (Lipinski definition) is 3. The molecule has 4 rings (SSSR count). The maximum atomic E-state index is 13.0. The van der Waals surface area contributed by atoms with Gasteiger partial charge in [-0.3, -0.25) is 4.79 Å². The van der Waals surface area contributed by atoms with Gasteiger partial charge in [-0.25, -0.2) is 4.98 Å². The Balaban J connectivity index is 1.66. The molecular formula is C25H22ClN3O. The zero-order chi connectivity index (χ0) is 21.1. The monoisotopic (exact) mass is 415 g/mol. The van der Waals surface area contributed by atoms with E-state index < -0.39 is 0 Å². The second-order valence-corrected chi connectivity index (χ2v) is 7.75. The summed E-state index contributed by atoms with van der Waals surface area (Å²) in [6.45, 7) is 4.47. The van der Waals surface area contributed by atoms with Crippen molar-refractivity contribution in [2.75, 3.05) is 5.32 Å². The SMILES string of the molecule is Cc1cc(C)cc(Nc2cc(C(=O)NCc3ccccc3Cl)c3ccccc3n2)c1. The first-order valence-electron chi connectivity index (χ1n) is 9.76. The summed E-state index contributed by atoms with van der Waals surface area (Å²) in [7, 11) is 0. The number of nitrogens with one attached hydrogen (secondary N) is 2. The second-order valence-electron chi connectivity index (χ2n) is 7.35. The van der Waals surface area contributed by atoms with Crippen LogP contribution in [0.2, 0.25) is 5.02 Å². The van der Waals surface area contributed by atoms with Crippen LogP contribution in [-0.2, 0) is 6.54 Å². The van der Waals surface area contributed by atoms with Crippen LogP contribution >= 0.6 is 11.6 Å². The van der Waals surface area contributed by atoms with Gasteiger partial charge in [-0.2, -0.15) is 0 Å².